The molecule has 0 bridgehead atoms. The highest BCUT2D eigenvalue weighted by molar-refractivity contribution is 5.47. The van der Waals surface area contributed by atoms with Crippen molar-refractivity contribution in [2.75, 3.05) is 44.2 Å². The van der Waals surface area contributed by atoms with Crippen LogP contribution in [-0.2, 0) is 0 Å². The highest BCUT2D eigenvalue weighted by Crippen LogP contribution is 2.16. The maximum Gasteiger partial charge on any atom is 0.0603 e. The smallest absolute Gasteiger partial charge is 0.0603 e. The van der Waals surface area contributed by atoms with Crippen molar-refractivity contribution >= 4 is 5.69 Å². The van der Waals surface area contributed by atoms with Crippen molar-refractivity contribution < 1.29 is 0 Å². The number of rotatable bonds is 2. The molecule has 0 aliphatic carbocycles. The zero-order valence-electron chi connectivity index (χ0n) is 11.0. The van der Waals surface area contributed by atoms with Crippen LogP contribution in [0.15, 0.2) is 24.3 Å². The molecule has 1 aliphatic heterocycles. The molecule has 1 aliphatic rings. The van der Waals surface area contributed by atoms with Crippen LogP contribution < -0.4 is 10.6 Å². The molecule has 1 saturated heterocycles. The van der Waals surface area contributed by atoms with Crippen molar-refractivity contribution in [3.05, 3.63) is 29.8 Å². The Hall–Kier alpha value is -1.50. The molecule has 96 valence electrons. The summed E-state index contributed by atoms with van der Waals surface area (Å²) in [6, 6.07) is 8.77. The van der Waals surface area contributed by atoms with Gasteiger partial charge in [0, 0.05) is 31.9 Å². The fraction of sp³-hybridized carbons (Fsp3) is 0.467. The predicted molar refractivity (Wildman–Crippen MR) is 76.7 cm³/mol. The van der Waals surface area contributed by atoms with Crippen LogP contribution >= 0.6 is 0 Å². The van der Waals surface area contributed by atoms with Gasteiger partial charge in [0.1, 0.15) is 0 Å². The number of aryl methyl sites for hydroxylation is 1. The summed E-state index contributed by atoms with van der Waals surface area (Å²) in [6.45, 7) is 7.74. The number of nitrogens with two attached hydrogens (primary N) is 1. The molecule has 2 N–H and O–H groups in total. The maximum atomic E-state index is 5.35. The summed E-state index contributed by atoms with van der Waals surface area (Å²) in [4.78, 5) is 4.82. The van der Waals surface area contributed by atoms with Crippen LogP contribution in [0.3, 0.4) is 0 Å². The van der Waals surface area contributed by atoms with E-state index in [0.29, 0.717) is 6.54 Å². The normalized spacial score (nSPS) is 16.2. The Morgan fingerprint density at radius 3 is 2.33 bits per heavy atom. The first-order chi connectivity index (χ1) is 8.79. The van der Waals surface area contributed by atoms with E-state index in [1.54, 1.807) is 0 Å². The van der Waals surface area contributed by atoms with Gasteiger partial charge in [0.15, 0.2) is 0 Å². The molecule has 0 amide bonds. The Balaban J connectivity index is 1.84. The first-order valence-corrected chi connectivity index (χ1v) is 6.49. The summed E-state index contributed by atoms with van der Waals surface area (Å²) in [5.41, 5.74) is 8.00. The monoisotopic (exact) mass is 243 g/mol. The van der Waals surface area contributed by atoms with Gasteiger partial charge in [0.25, 0.3) is 0 Å². The van der Waals surface area contributed by atoms with E-state index in [1.165, 1.54) is 11.3 Å². The van der Waals surface area contributed by atoms with E-state index in [1.807, 2.05) is 0 Å². The van der Waals surface area contributed by atoms with Gasteiger partial charge in [-0.3, -0.25) is 4.90 Å². The number of hydrogen-bond donors (Lipinski definition) is 1. The summed E-state index contributed by atoms with van der Waals surface area (Å²) < 4.78 is 0. The van der Waals surface area contributed by atoms with Gasteiger partial charge in [-0.15, -0.1) is 0 Å². The third-order valence-electron chi connectivity index (χ3n) is 3.30. The lowest BCUT2D eigenvalue weighted by atomic mass is 10.2. The lowest BCUT2D eigenvalue weighted by Crippen LogP contribution is -2.46. The van der Waals surface area contributed by atoms with Crippen molar-refractivity contribution in [2.45, 2.75) is 6.92 Å². The molecule has 2 rings (SSSR count). The first-order valence-electron chi connectivity index (χ1n) is 6.49. The molecule has 1 aromatic rings. The van der Waals surface area contributed by atoms with Crippen molar-refractivity contribution in [3.63, 3.8) is 0 Å². The Morgan fingerprint density at radius 1 is 1.06 bits per heavy atom. The Bertz CT molecular complexity index is 419. The van der Waals surface area contributed by atoms with E-state index in [-0.39, 0.29) is 0 Å². The summed E-state index contributed by atoms with van der Waals surface area (Å²) >= 11 is 0. The highest BCUT2D eigenvalue weighted by Gasteiger charge is 2.15. The van der Waals surface area contributed by atoms with Gasteiger partial charge in [-0.2, -0.15) is 0 Å². The quantitative estimate of drug-likeness (QED) is 0.789. The second-order valence-corrected chi connectivity index (χ2v) is 4.66. The van der Waals surface area contributed by atoms with Gasteiger partial charge in [-0.05, 0) is 19.1 Å². The van der Waals surface area contributed by atoms with Gasteiger partial charge in [0.2, 0.25) is 0 Å². The number of nitrogens with zero attached hydrogens (tertiary/aromatic N) is 2. The van der Waals surface area contributed by atoms with E-state index in [2.05, 4.69) is 52.8 Å². The maximum absolute atomic E-state index is 5.35. The van der Waals surface area contributed by atoms with E-state index in [0.717, 1.165) is 32.7 Å². The molecular formula is C15H21N3. The number of benzene rings is 1. The van der Waals surface area contributed by atoms with E-state index >= 15 is 0 Å². The van der Waals surface area contributed by atoms with Crippen molar-refractivity contribution in [2.24, 2.45) is 5.73 Å². The molecule has 0 radical (unpaired) electrons. The average molecular weight is 243 g/mol. The molecule has 1 aromatic carbocycles. The van der Waals surface area contributed by atoms with Crippen molar-refractivity contribution in [3.8, 4) is 11.8 Å². The Morgan fingerprint density at radius 2 is 1.72 bits per heavy atom. The van der Waals surface area contributed by atoms with Gasteiger partial charge >= 0.3 is 0 Å². The van der Waals surface area contributed by atoms with Crippen molar-refractivity contribution in [1.29, 1.82) is 0 Å². The van der Waals surface area contributed by atoms with Gasteiger partial charge in [0.05, 0.1) is 13.1 Å². The molecule has 0 atom stereocenters. The van der Waals surface area contributed by atoms with E-state index < -0.39 is 0 Å². The minimum Gasteiger partial charge on any atom is -0.369 e. The summed E-state index contributed by atoms with van der Waals surface area (Å²) in [7, 11) is 0. The zero-order chi connectivity index (χ0) is 12.8. The number of hydrogen-bond acceptors (Lipinski definition) is 3. The molecule has 1 fully saturated rings. The van der Waals surface area contributed by atoms with Crippen LogP contribution in [0.2, 0.25) is 0 Å². The van der Waals surface area contributed by atoms with Crippen LogP contribution in [-0.4, -0.2) is 44.2 Å². The zero-order valence-corrected chi connectivity index (χ0v) is 11.0. The molecule has 1 heterocycles. The molecule has 18 heavy (non-hydrogen) atoms. The topological polar surface area (TPSA) is 32.5 Å². The minimum atomic E-state index is 0.462. The summed E-state index contributed by atoms with van der Waals surface area (Å²) in [5.74, 6) is 6.02. The van der Waals surface area contributed by atoms with Crippen LogP contribution in [0.4, 0.5) is 5.69 Å². The van der Waals surface area contributed by atoms with Gasteiger partial charge < -0.3 is 10.6 Å². The van der Waals surface area contributed by atoms with Crippen molar-refractivity contribution in [1.82, 2.24) is 4.90 Å². The Kier molecular flexibility index (Phi) is 4.63. The lowest BCUT2D eigenvalue weighted by molar-refractivity contribution is 0.288. The fourth-order valence-electron chi connectivity index (χ4n) is 2.16. The lowest BCUT2D eigenvalue weighted by Gasteiger charge is -2.35. The highest BCUT2D eigenvalue weighted by atomic mass is 15.3. The van der Waals surface area contributed by atoms with Gasteiger partial charge in [-0.25, -0.2) is 0 Å². The molecule has 0 unspecified atom stereocenters. The summed E-state index contributed by atoms with van der Waals surface area (Å²) in [6.07, 6.45) is 0. The minimum absolute atomic E-state index is 0.462. The van der Waals surface area contributed by atoms with E-state index in [4.69, 9.17) is 5.73 Å². The fourth-order valence-corrected chi connectivity index (χ4v) is 2.16. The second-order valence-electron chi connectivity index (χ2n) is 4.66. The van der Waals surface area contributed by atoms with E-state index in [9.17, 15) is 0 Å². The molecule has 3 nitrogen and oxygen atoms in total. The van der Waals surface area contributed by atoms with Gasteiger partial charge in [-0.1, -0.05) is 29.5 Å². The van der Waals surface area contributed by atoms with Crippen LogP contribution in [0.1, 0.15) is 5.56 Å². The molecule has 0 spiro atoms. The predicted octanol–water partition coefficient (Wildman–Crippen LogP) is 1.08. The third-order valence-corrected chi connectivity index (χ3v) is 3.30. The second kappa shape index (κ2) is 6.44. The Labute approximate surface area is 110 Å². The third kappa shape index (κ3) is 3.49. The van der Waals surface area contributed by atoms with Crippen LogP contribution in [0.25, 0.3) is 0 Å². The number of piperazine rings is 1. The largest absolute Gasteiger partial charge is 0.369 e. The summed E-state index contributed by atoms with van der Waals surface area (Å²) in [5, 5.41) is 0. The SMILES string of the molecule is Cc1ccc(N2CCN(CC#CCN)CC2)cc1. The number of anilines is 1. The molecule has 0 saturated carbocycles. The molecule has 3 heteroatoms. The van der Waals surface area contributed by atoms with Crippen LogP contribution in [0.5, 0.6) is 0 Å². The first kappa shape index (κ1) is 12.9. The molecule has 0 aromatic heterocycles. The van der Waals surface area contributed by atoms with Crippen LogP contribution in [0, 0.1) is 18.8 Å². The average Bonchev–Trinajstić information content (AvgIpc) is 2.41. The molecular weight excluding hydrogens is 222 g/mol. The standard InChI is InChI=1S/C15H21N3/c1-14-4-6-15(7-5-14)18-12-10-17(11-13-18)9-3-2-8-16/h4-7H,8-13,16H2,1H3.